The number of nitrogens with zero attached hydrogens (tertiary/aromatic N) is 1. The van der Waals surface area contributed by atoms with E-state index in [4.69, 9.17) is 5.26 Å². The highest BCUT2D eigenvalue weighted by molar-refractivity contribution is 7.91. The number of hydrogen-bond donors (Lipinski definition) is 1. The van der Waals surface area contributed by atoms with Crippen LogP contribution in [0.15, 0.2) is 21.7 Å². The molecule has 0 aliphatic carbocycles. The first-order valence-corrected chi connectivity index (χ1v) is 6.89. The average Bonchev–Trinajstić information content (AvgIpc) is 2.70. The van der Waals surface area contributed by atoms with E-state index in [2.05, 4.69) is 4.72 Å². The molecule has 1 N–H and O–H groups in total. The van der Waals surface area contributed by atoms with Gasteiger partial charge in [-0.3, -0.25) is 0 Å². The Hall–Kier alpha value is -0.900. The van der Waals surface area contributed by atoms with Gasteiger partial charge in [-0.25, -0.2) is 13.1 Å². The second-order valence-corrected chi connectivity index (χ2v) is 5.91. The molecule has 15 heavy (non-hydrogen) atoms. The molecule has 1 aromatic heterocycles. The van der Waals surface area contributed by atoms with Crippen LogP contribution in [0, 0.1) is 11.3 Å². The highest BCUT2D eigenvalue weighted by atomic mass is 32.2. The highest BCUT2D eigenvalue weighted by Crippen LogP contribution is 2.16. The first-order chi connectivity index (χ1) is 7.10. The molecule has 0 fully saturated rings. The van der Waals surface area contributed by atoms with Crippen LogP contribution in [0.5, 0.6) is 0 Å². The lowest BCUT2D eigenvalue weighted by molar-refractivity contribution is 0.545. The van der Waals surface area contributed by atoms with E-state index in [9.17, 15) is 8.42 Å². The Kier molecular flexibility index (Phi) is 4.27. The van der Waals surface area contributed by atoms with E-state index >= 15 is 0 Å². The van der Waals surface area contributed by atoms with Crippen molar-refractivity contribution in [1.82, 2.24) is 4.72 Å². The molecule has 1 atom stereocenters. The number of rotatable bonds is 5. The summed E-state index contributed by atoms with van der Waals surface area (Å²) in [4.78, 5) is 0. The van der Waals surface area contributed by atoms with Gasteiger partial charge in [-0.05, 0) is 17.9 Å². The zero-order valence-corrected chi connectivity index (χ0v) is 9.94. The predicted octanol–water partition coefficient (Wildman–Crippen LogP) is 1.72. The van der Waals surface area contributed by atoms with Gasteiger partial charge in [-0.2, -0.15) is 5.26 Å². The third-order valence-corrected chi connectivity index (χ3v) is 4.83. The molecule has 1 heterocycles. The van der Waals surface area contributed by atoms with Crippen molar-refractivity contribution >= 4 is 21.4 Å². The van der Waals surface area contributed by atoms with E-state index < -0.39 is 10.0 Å². The Morgan fingerprint density at radius 2 is 2.40 bits per heavy atom. The van der Waals surface area contributed by atoms with Crippen molar-refractivity contribution < 1.29 is 8.42 Å². The maximum atomic E-state index is 11.7. The summed E-state index contributed by atoms with van der Waals surface area (Å²) in [6.07, 6.45) is 0.805. The summed E-state index contributed by atoms with van der Waals surface area (Å²) in [6.45, 7) is 1.85. The Balaban J connectivity index is 2.77. The molecular formula is C9H12N2O2S2. The standard InChI is InChI=1S/C9H12N2O2S2/c1-2-8(5-6-10)11-15(12,13)9-4-3-7-14-9/h3-4,7-8,11H,2,5H2,1H3. The first kappa shape index (κ1) is 12.2. The van der Waals surface area contributed by atoms with Gasteiger partial charge in [0.2, 0.25) is 10.0 Å². The molecule has 0 bridgehead atoms. The first-order valence-electron chi connectivity index (χ1n) is 4.53. The lowest BCUT2D eigenvalue weighted by atomic mass is 10.2. The van der Waals surface area contributed by atoms with Gasteiger partial charge in [-0.15, -0.1) is 11.3 Å². The molecule has 0 spiro atoms. The summed E-state index contributed by atoms with van der Waals surface area (Å²) in [6, 6.07) is 4.89. The average molecular weight is 244 g/mol. The number of nitriles is 1. The summed E-state index contributed by atoms with van der Waals surface area (Å²) in [5.41, 5.74) is 0. The highest BCUT2D eigenvalue weighted by Gasteiger charge is 2.19. The molecule has 0 aliphatic rings. The third kappa shape index (κ3) is 3.30. The van der Waals surface area contributed by atoms with E-state index in [-0.39, 0.29) is 12.5 Å². The molecule has 0 aromatic carbocycles. The summed E-state index contributed by atoms with van der Waals surface area (Å²) >= 11 is 1.17. The maximum absolute atomic E-state index is 11.7. The molecule has 0 radical (unpaired) electrons. The Bertz CT molecular complexity index is 431. The molecule has 0 aliphatic heterocycles. The molecule has 1 rings (SSSR count). The minimum atomic E-state index is -3.43. The smallest absolute Gasteiger partial charge is 0.206 e. The van der Waals surface area contributed by atoms with Gasteiger partial charge in [0.05, 0.1) is 12.5 Å². The summed E-state index contributed by atoms with van der Waals surface area (Å²) < 4.78 is 26.3. The van der Waals surface area contributed by atoms with Crippen LogP contribution in [0.2, 0.25) is 0 Å². The topological polar surface area (TPSA) is 70.0 Å². The fourth-order valence-electron chi connectivity index (χ4n) is 1.07. The Labute approximate surface area is 93.6 Å². The van der Waals surface area contributed by atoms with E-state index in [1.807, 2.05) is 13.0 Å². The monoisotopic (exact) mass is 244 g/mol. The van der Waals surface area contributed by atoms with Crippen molar-refractivity contribution in [2.24, 2.45) is 0 Å². The van der Waals surface area contributed by atoms with Gasteiger partial charge in [0.1, 0.15) is 4.21 Å². The van der Waals surface area contributed by atoms with Crippen LogP contribution < -0.4 is 4.72 Å². The quantitative estimate of drug-likeness (QED) is 0.857. The van der Waals surface area contributed by atoms with E-state index in [1.54, 1.807) is 17.5 Å². The fourth-order valence-corrected chi connectivity index (χ4v) is 3.40. The SMILES string of the molecule is CCC(CC#N)NS(=O)(=O)c1cccs1. The van der Waals surface area contributed by atoms with Crippen molar-refractivity contribution in [3.05, 3.63) is 17.5 Å². The van der Waals surface area contributed by atoms with Gasteiger partial charge in [0.25, 0.3) is 0 Å². The zero-order chi connectivity index (χ0) is 11.3. The molecule has 1 unspecified atom stereocenters. The molecule has 0 saturated carbocycles. The molecule has 0 amide bonds. The molecule has 4 nitrogen and oxygen atoms in total. The van der Waals surface area contributed by atoms with Crippen molar-refractivity contribution in [3.8, 4) is 6.07 Å². The van der Waals surface area contributed by atoms with Gasteiger partial charge in [0, 0.05) is 6.04 Å². The predicted molar refractivity (Wildman–Crippen MR) is 58.9 cm³/mol. The number of thiophene rings is 1. The lowest BCUT2D eigenvalue weighted by Crippen LogP contribution is -2.33. The van der Waals surface area contributed by atoms with Gasteiger partial charge in [0.15, 0.2) is 0 Å². The zero-order valence-electron chi connectivity index (χ0n) is 8.30. The van der Waals surface area contributed by atoms with Crippen LogP contribution in [0.25, 0.3) is 0 Å². The number of hydrogen-bond acceptors (Lipinski definition) is 4. The Morgan fingerprint density at radius 1 is 1.67 bits per heavy atom. The van der Waals surface area contributed by atoms with Crippen molar-refractivity contribution in [2.45, 2.75) is 30.0 Å². The minimum Gasteiger partial charge on any atom is -0.206 e. The van der Waals surface area contributed by atoms with E-state index in [1.165, 1.54) is 11.3 Å². The van der Waals surface area contributed by atoms with E-state index in [0.29, 0.717) is 10.6 Å². The van der Waals surface area contributed by atoms with Gasteiger partial charge in [-0.1, -0.05) is 13.0 Å². The van der Waals surface area contributed by atoms with Crippen molar-refractivity contribution in [3.63, 3.8) is 0 Å². The molecule has 0 saturated heterocycles. The molecule has 6 heteroatoms. The Morgan fingerprint density at radius 3 is 2.87 bits per heavy atom. The van der Waals surface area contributed by atoms with Crippen LogP contribution in [0.1, 0.15) is 19.8 Å². The van der Waals surface area contributed by atoms with Crippen molar-refractivity contribution in [1.29, 1.82) is 5.26 Å². The minimum absolute atomic E-state index is 0.196. The third-order valence-electron chi connectivity index (χ3n) is 1.91. The molecule has 1 aromatic rings. The van der Waals surface area contributed by atoms with Gasteiger partial charge >= 0.3 is 0 Å². The van der Waals surface area contributed by atoms with Crippen LogP contribution in [-0.4, -0.2) is 14.5 Å². The maximum Gasteiger partial charge on any atom is 0.250 e. The summed E-state index contributed by atoms with van der Waals surface area (Å²) in [5, 5.41) is 10.2. The number of sulfonamides is 1. The van der Waals surface area contributed by atoms with E-state index in [0.717, 1.165) is 0 Å². The van der Waals surface area contributed by atoms with Crippen LogP contribution in [0.3, 0.4) is 0 Å². The fraction of sp³-hybridized carbons (Fsp3) is 0.444. The summed E-state index contributed by atoms with van der Waals surface area (Å²) in [5.74, 6) is 0. The van der Waals surface area contributed by atoms with Crippen LogP contribution in [0.4, 0.5) is 0 Å². The van der Waals surface area contributed by atoms with Crippen LogP contribution in [-0.2, 0) is 10.0 Å². The second kappa shape index (κ2) is 5.26. The normalized spacial score (nSPS) is 13.3. The molecule has 82 valence electrons. The molecular weight excluding hydrogens is 232 g/mol. The second-order valence-electron chi connectivity index (χ2n) is 3.02. The van der Waals surface area contributed by atoms with Crippen molar-refractivity contribution in [2.75, 3.05) is 0 Å². The number of nitrogens with one attached hydrogen (secondary N) is 1. The lowest BCUT2D eigenvalue weighted by Gasteiger charge is -2.12. The summed E-state index contributed by atoms with van der Waals surface area (Å²) in [7, 11) is -3.43. The van der Waals surface area contributed by atoms with Crippen LogP contribution >= 0.6 is 11.3 Å². The largest absolute Gasteiger partial charge is 0.250 e. The van der Waals surface area contributed by atoms with Gasteiger partial charge < -0.3 is 0 Å².